The number of hydrogen-bond acceptors (Lipinski definition) is 0. The third-order valence-corrected chi connectivity index (χ3v) is 4.36. The molecular formula is C18H22. The SMILES string of the molecule is CC(C)C1=CC2=C(C1)Cc1cc(C(C)C)ccc12. The topological polar surface area (TPSA) is 0 Å². The normalized spacial score (nSPS) is 17.6. The molecule has 2 aliphatic carbocycles. The molecule has 0 saturated heterocycles. The number of allylic oxidation sites excluding steroid dienone is 4. The van der Waals surface area contributed by atoms with Gasteiger partial charge in [0, 0.05) is 0 Å². The van der Waals surface area contributed by atoms with E-state index in [1.807, 2.05) is 0 Å². The molecule has 0 nitrogen and oxygen atoms in total. The fourth-order valence-corrected chi connectivity index (χ4v) is 3.09. The van der Waals surface area contributed by atoms with E-state index in [4.69, 9.17) is 0 Å². The predicted octanol–water partition coefficient (Wildman–Crippen LogP) is 5.11. The molecule has 1 aromatic carbocycles. The van der Waals surface area contributed by atoms with Crippen LogP contribution in [-0.2, 0) is 6.42 Å². The summed E-state index contributed by atoms with van der Waals surface area (Å²) in [6.07, 6.45) is 4.83. The highest BCUT2D eigenvalue weighted by atomic mass is 14.3. The molecule has 0 bridgehead atoms. The van der Waals surface area contributed by atoms with Crippen molar-refractivity contribution in [2.45, 2.75) is 46.5 Å². The smallest absolute Gasteiger partial charge is 0.00484 e. The van der Waals surface area contributed by atoms with Crippen LogP contribution < -0.4 is 0 Å². The number of rotatable bonds is 2. The molecule has 3 rings (SSSR count). The Hall–Kier alpha value is -1.30. The second-order valence-corrected chi connectivity index (χ2v) is 6.32. The van der Waals surface area contributed by atoms with Gasteiger partial charge < -0.3 is 0 Å². The van der Waals surface area contributed by atoms with E-state index in [0.717, 1.165) is 0 Å². The molecule has 0 saturated carbocycles. The first-order valence-corrected chi connectivity index (χ1v) is 7.12. The van der Waals surface area contributed by atoms with Crippen LogP contribution in [0.4, 0.5) is 0 Å². The molecular weight excluding hydrogens is 216 g/mol. The quantitative estimate of drug-likeness (QED) is 0.672. The van der Waals surface area contributed by atoms with E-state index in [-0.39, 0.29) is 0 Å². The molecule has 0 heterocycles. The van der Waals surface area contributed by atoms with Gasteiger partial charge in [0.1, 0.15) is 0 Å². The summed E-state index contributed by atoms with van der Waals surface area (Å²) in [6.45, 7) is 9.15. The van der Waals surface area contributed by atoms with Crippen molar-refractivity contribution in [1.29, 1.82) is 0 Å². The van der Waals surface area contributed by atoms with Gasteiger partial charge in [0.25, 0.3) is 0 Å². The Kier molecular flexibility index (Phi) is 2.69. The van der Waals surface area contributed by atoms with Gasteiger partial charge in [0.15, 0.2) is 0 Å². The summed E-state index contributed by atoms with van der Waals surface area (Å²) < 4.78 is 0. The molecule has 0 radical (unpaired) electrons. The number of fused-ring (bicyclic) bond motifs is 2. The van der Waals surface area contributed by atoms with Crippen LogP contribution in [0.1, 0.15) is 56.7 Å². The summed E-state index contributed by atoms with van der Waals surface area (Å²) >= 11 is 0. The Morgan fingerprint density at radius 3 is 2.39 bits per heavy atom. The van der Waals surface area contributed by atoms with Gasteiger partial charge in [-0.25, -0.2) is 0 Å². The maximum atomic E-state index is 2.45. The highest BCUT2D eigenvalue weighted by molar-refractivity contribution is 5.86. The minimum atomic E-state index is 0.632. The van der Waals surface area contributed by atoms with Gasteiger partial charge in [-0.1, -0.05) is 63.1 Å². The molecule has 0 aromatic heterocycles. The molecule has 0 atom stereocenters. The first-order chi connectivity index (χ1) is 8.56. The fraction of sp³-hybridized carbons (Fsp3) is 0.444. The molecule has 0 aliphatic heterocycles. The third kappa shape index (κ3) is 1.75. The molecule has 0 heteroatoms. The Labute approximate surface area is 110 Å². The van der Waals surface area contributed by atoms with Gasteiger partial charge in [0.2, 0.25) is 0 Å². The van der Waals surface area contributed by atoms with Crippen molar-refractivity contribution in [2.24, 2.45) is 5.92 Å². The molecule has 0 unspecified atom stereocenters. The third-order valence-electron chi connectivity index (χ3n) is 4.36. The summed E-state index contributed by atoms with van der Waals surface area (Å²) in [4.78, 5) is 0. The highest BCUT2D eigenvalue weighted by Crippen LogP contribution is 2.44. The van der Waals surface area contributed by atoms with Crippen molar-refractivity contribution in [1.82, 2.24) is 0 Å². The molecule has 0 N–H and O–H groups in total. The van der Waals surface area contributed by atoms with Crippen molar-refractivity contribution in [3.8, 4) is 0 Å². The minimum Gasteiger partial charge on any atom is -0.0630 e. The standard InChI is InChI=1S/C18H22/c1-11(2)13-5-6-17-15(7-13)9-16-8-14(12(3)4)10-18(16)17/h5-7,10-12H,8-9H2,1-4H3. The lowest BCUT2D eigenvalue weighted by atomic mass is 9.94. The molecule has 0 amide bonds. The van der Waals surface area contributed by atoms with Crippen LogP contribution in [0.15, 0.2) is 35.4 Å². The first-order valence-electron chi connectivity index (χ1n) is 7.12. The van der Waals surface area contributed by atoms with Crippen LogP contribution in [0.5, 0.6) is 0 Å². The first kappa shape index (κ1) is 11.8. The zero-order valence-electron chi connectivity index (χ0n) is 11.9. The largest absolute Gasteiger partial charge is 0.0630 e. The van der Waals surface area contributed by atoms with Crippen molar-refractivity contribution in [3.63, 3.8) is 0 Å². The van der Waals surface area contributed by atoms with E-state index in [1.54, 1.807) is 16.7 Å². The van der Waals surface area contributed by atoms with E-state index < -0.39 is 0 Å². The Bertz CT molecular complexity index is 553. The van der Waals surface area contributed by atoms with Gasteiger partial charge in [-0.2, -0.15) is 0 Å². The van der Waals surface area contributed by atoms with Crippen LogP contribution in [0, 0.1) is 5.92 Å². The van der Waals surface area contributed by atoms with Crippen molar-refractivity contribution >= 4 is 5.57 Å². The van der Waals surface area contributed by atoms with E-state index in [0.29, 0.717) is 11.8 Å². The Morgan fingerprint density at radius 1 is 0.944 bits per heavy atom. The van der Waals surface area contributed by atoms with Gasteiger partial charge in [-0.3, -0.25) is 0 Å². The molecule has 2 aliphatic rings. The van der Waals surface area contributed by atoms with Gasteiger partial charge >= 0.3 is 0 Å². The number of benzene rings is 1. The summed E-state index contributed by atoms with van der Waals surface area (Å²) in [7, 11) is 0. The lowest BCUT2D eigenvalue weighted by Gasteiger charge is -2.11. The Balaban J connectivity index is 1.97. The molecule has 18 heavy (non-hydrogen) atoms. The van der Waals surface area contributed by atoms with E-state index in [9.17, 15) is 0 Å². The van der Waals surface area contributed by atoms with E-state index in [2.05, 4.69) is 52.0 Å². The summed E-state index contributed by atoms with van der Waals surface area (Å²) in [5.41, 5.74) is 9.30. The second-order valence-electron chi connectivity index (χ2n) is 6.32. The van der Waals surface area contributed by atoms with Gasteiger partial charge in [-0.05, 0) is 46.9 Å². The highest BCUT2D eigenvalue weighted by Gasteiger charge is 2.26. The summed E-state index contributed by atoms with van der Waals surface area (Å²) in [5.74, 6) is 1.32. The summed E-state index contributed by atoms with van der Waals surface area (Å²) in [6, 6.07) is 7.06. The second kappa shape index (κ2) is 4.12. The van der Waals surface area contributed by atoms with Gasteiger partial charge in [-0.15, -0.1) is 0 Å². The molecule has 0 spiro atoms. The van der Waals surface area contributed by atoms with Crippen LogP contribution in [-0.4, -0.2) is 0 Å². The number of hydrogen-bond donors (Lipinski definition) is 0. The summed E-state index contributed by atoms with van der Waals surface area (Å²) in [5, 5.41) is 0. The van der Waals surface area contributed by atoms with E-state index in [1.165, 1.54) is 29.5 Å². The van der Waals surface area contributed by atoms with E-state index >= 15 is 0 Å². The maximum absolute atomic E-state index is 2.45. The monoisotopic (exact) mass is 238 g/mol. The minimum absolute atomic E-state index is 0.632. The van der Waals surface area contributed by atoms with Crippen molar-refractivity contribution in [3.05, 3.63) is 52.1 Å². The van der Waals surface area contributed by atoms with Crippen LogP contribution in [0.3, 0.4) is 0 Å². The maximum Gasteiger partial charge on any atom is -0.00484 e. The lowest BCUT2D eigenvalue weighted by molar-refractivity contribution is 0.742. The van der Waals surface area contributed by atoms with Crippen LogP contribution >= 0.6 is 0 Å². The molecule has 94 valence electrons. The van der Waals surface area contributed by atoms with Crippen molar-refractivity contribution < 1.29 is 0 Å². The lowest BCUT2D eigenvalue weighted by Crippen LogP contribution is -1.96. The van der Waals surface area contributed by atoms with Crippen molar-refractivity contribution in [2.75, 3.05) is 0 Å². The predicted molar refractivity (Wildman–Crippen MR) is 78.7 cm³/mol. The fourth-order valence-electron chi connectivity index (χ4n) is 3.09. The zero-order chi connectivity index (χ0) is 12.9. The Morgan fingerprint density at radius 2 is 1.72 bits per heavy atom. The zero-order valence-corrected chi connectivity index (χ0v) is 11.9. The van der Waals surface area contributed by atoms with Crippen LogP contribution in [0.2, 0.25) is 0 Å². The molecule has 0 fully saturated rings. The average Bonchev–Trinajstić information content (AvgIpc) is 2.84. The van der Waals surface area contributed by atoms with Crippen LogP contribution in [0.25, 0.3) is 5.57 Å². The average molecular weight is 238 g/mol. The molecule has 1 aromatic rings. The van der Waals surface area contributed by atoms with Gasteiger partial charge in [0.05, 0.1) is 0 Å².